The Hall–Kier alpha value is -1.09. The first kappa shape index (κ1) is 21.0. The second-order valence-electron chi connectivity index (χ2n) is 5.79. The van der Waals surface area contributed by atoms with Gasteiger partial charge >= 0.3 is 0 Å². The maximum absolute atomic E-state index is 5.35. The molecule has 2 heterocycles. The molecule has 0 amide bonds. The number of hydrogen-bond acceptors (Lipinski definition) is 4. The quantitative estimate of drug-likeness (QED) is 0.382. The molecule has 0 fully saturated rings. The summed E-state index contributed by atoms with van der Waals surface area (Å²) in [6.07, 6.45) is 1.03. The van der Waals surface area contributed by atoms with Crippen LogP contribution in [0.1, 0.15) is 43.0 Å². The van der Waals surface area contributed by atoms with Crippen LogP contribution in [0.2, 0.25) is 0 Å². The lowest BCUT2D eigenvalue weighted by Crippen LogP contribution is -2.39. The van der Waals surface area contributed by atoms with Crippen molar-refractivity contribution in [1.82, 2.24) is 15.4 Å². The normalized spacial score (nSPS) is 11.5. The molecule has 1 N–H and O–H groups in total. The van der Waals surface area contributed by atoms with E-state index < -0.39 is 0 Å². The highest BCUT2D eigenvalue weighted by atomic mass is 127. The van der Waals surface area contributed by atoms with Crippen LogP contribution in [0, 0.1) is 0 Å². The average molecular weight is 462 g/mol. The molecule has 2 rings (SSSR count). The van der Waals surface area contributed by atoms with Crippen molar-refractivity contribution in [3.8, 4) is 0 Å². The van der Waals surface area contributed by atoms with Crippen LogP contribution in [0.3, 0.4) is 0 Å². The first-order chi connectivity index (χ1) is 11.1. The Bertz CT molecular complexity index is 610. The summed E-state index contributed by atoms with van der Waals surface area (Å²) in [4.78, 5) is 8.21. The summed E-state index contributed by atoms with van der Waals surface area (Å²) in [6.45, 7) is 8.57. The van der Waals surface area contributed by atoms with E-state index in [0.29, 0.717) is 12.5 Å². The molecule has 5 nitrogen and oxygen atoms in total. The summed E-state index contributed by atoms with van der Waals surface area (Å²) in [5.74, 6) is 2.07. The van der Waals surface area contributed by atoms with Gasteiger partial charge in [-0.05, 0) is 30.7 Å². The lowest BCUT2D eigenvalue weighted by atomic mass is 10.1. The molecule has 0 aromatic carbocycles. The zero-order chi connectivity index (χ0) is 16.7. The summed E-state index contributed by atoms with van der Waals surface area (Å²) in [5.41, 5.74) is 0.978. The van der Waals surface area contributed by atoms with E-state index in [0.717, 1.165) is 36.9 Å². The van der Waals surface area contributed by atoms with Crippen LogP contribution in [0.25, 0.3) is 0 Å². The predicted octanol–water partition coefficient (Wildman–Crippen LogP) is 4.12. The van der Waals surface area contributed by atoms with Crippen LogP contribution in [-0.4, -0.2) is 36.2 Å². The van der Waals surface area contributed by atoms with Gasteiger partial charge in [-0.2, -0.15) is 0 Å². The van der Waals surface area contributed by atoms with Gasteiger partial charge in [0.2, 0.25) is 0 Å². The van der Waals surface area contributed by atoms with Gasteiger partial charge in [-0.25, -0.2) is 4.99 Å². The van der Waals surface area contributed by atoms with E-state index in [2.05, 4.69) is 65.7 Å². The fourth-order valence-corrected chi connectivity index (χ4v) is 2.83. The molecular formula is C17H27IN4OS. The third-order valence-electron chi connectivity index (χ3n) is 3.52. The molecule has 2 aromatic rings. The fraction of sp³-hybridized carbons (Fsp3) is 0.529. The van der Waals surface area contributed by atoms with Crippen molar-refractivity contribution in [3.63, 3.8) is 0 Å². The van der Waals surface area contributed by atoms with Crippen molar-refractivity contribution in [1.29, 1.82) is 0 Å². The number of nitrogens with one attached hydrogen (secondary N) is 1. The maximum Gasteiger partial charge on any atom is 0.194 e. The molecule has 0 radical (unpaired) electrons. The third kappa shape index (κ3) is 6.43. The Balaban J connectivity index is 0.00000288. The van der Waals surface area contributed by atoms with Gasteiger partial charge < -0.3 is 14.7 Å². The second-order valence-corrected chi connectivity index (χ2v) is 6.83. The molecule has 0 bridgehead atoms. The fourth-order valence-electron chi connectivity index (χ4n) is 2.14. The molecule has 2 aromatic heterocycles. The lowest BCUT2D eigenvalue weighted by Gasteiger charge is -2.21. The second kappa shape index (κ2) is 10.7. The van der Waals surface area contributed by atoms with Crippen molar-refractivity contribution in [3.05, 3.63) is 39.9 Å². The van der Waals surface area contributed by atoms with Gasteiger partial charge in [-0.3, -0.25) is 0 Å². The minimum Gasteiger partial charge on any atom is -0.359 e. The summed E-state index contributed by atoms with van der Waals surface area (Å²) >= 11 is 1.80. The highest BCUT2D eigenvalue weighted by Gasteiger charge is 2.09. The smallest absolute Gasteiger partial charge is 0.194 e. The SMILES string of the molecule is CCNC(=NCc1cc(C(C)C)no1)N(C)CCc1cccs1.I. The molecule has 134 valence electrons. The van der Waals surface area contributed by atoms with Gasteiger partial charge in [0.1, 0.15) is 6.54 Å². The molecule has 24 heavy (non-hydrogen) atoms. The number of likely N-dealkylation sites (N-methyl/N-ethyl adjacent to an activating group) is 1. The number of guanidine groups is 1. The Labute approximate surface area is 165 Å². The number of rotatable bonds is 7. The number of aliphatic imine (C=N–C) groups is 1. The molecule has 0 unspecified atom stereocenters. The first-order valence-electron chi connectivity index (χ1n) is 8.07. The van der Waals surface area contributed by atoms with E-state index >= 15 is 0 Å². The molecule has 0 spiro atoms. The molecule has 0 saturated carbocycles. The molecule has 0 saturated heterocycles. The highest BCUT2D eigenvalue weighted by Crippen LogP contribution is 2.14. The van der Waals surface area contributed by atoms with E-state index in [-0.39, 0.29) is 24.0 Å². The van der Waals surface area contributed by atoms with Crippen LogP contribution in [0.4, 0.5) is 0 Å². The Kier molecular flexibility index (Phi) is 9.35. The predicted molar refractivity (Wildman–Crippen MR) is 111 cm³/mol. The number of aromatic nitrogens is 1. The summed E-state index contributed by atoms with van der Waals surface area (Å²) in [5, 5.41) is 9.52. The zero-order valence-electron chi connectivity index (χ0n) is 14.8. The van der Waals surface area contributed by atoms with Crippen LogP contribution >= 0.6 is 35.3 Å². The number of halogens is 1. The van der Waals surface area contributed by atoms with E-state index in [1.165, 1.54) is 4.88 Å². The summed E-state index contributed by atoms with van der Waals surface area (Å²) < 4.78 is 5.35. The van der Waals surface area contributed by atoms with Gasteiger partial charge in [-0.15, -0.1) is 35.3 Å². The monoisotopic (exact) mass is 462 g/mol. The van der Waals surface area contributed by atoms with Crippen LogP contribution in [0.15, 0.2) is 33.1 Å². The van der Waals surface area contributed by atoms with Gasteiger partial charge in [0.15, 0.2) is 11.7 Å². The van der Waals surface area contributed by atoms with Crippen molar-refractivity contribution >= 4 is 41.3 Å². The topological polar surface area (TPSA) is 53.7 Å². The average Bonchev–Trinajstić information content (AvgIpc) is 3.20. The minimum atomic E-state index is 0. The minimum absolute atomic E-state index is 0. The third-order valence-corrected chi connectivity index (χ3v) is 4.46. The number of nitrogens with zero attached hydrogens (tertiary/aromatic N) is 3. The Morgan fingerprint density at radius 2 is 2.25 bits per heavy atom. The number of thiophene rings is 1. The maximum atomic E-state index is 5.35. The van der Waals surface area contributed by atoms with E-state index in [1.54, 1.807) is 11.3 Å². The zero-order valence-corrected chi connectivity index (χ0v) is 17.9. The van der Waals surface area contributed by atoms with E-state index in [9.17, 15) is 0 Å². The van der Waals surface area contributed by atoms with Gasteiger partial charge in [0.25, 0.3) is 0 Å². The number of hydrogen-bond donors (Lipinski definition) is 1. The van der Waals surface area contributed by atoms with Gasteiger partial charge in [-0.1, -0.05) is 25.1 Å². The molecule has 7 heteroatoms. The van der Waals surface area contributed by atoms with Gasteiger partial charge in [0, 0.05) is 31.1 Å². The van der Waals surface area contributed by atoms with Crippen LogP contribution in [0.5, 0.6) is 0 Å². The standard InChI is InChI=1S/C17H26N4OS.HI/c1-5-18-17(21(4)9-8-15-7-6-10-23-15)19-12-14-11-16(13(2)3)20-22-14;/h6-7,10-11,13H,5,8-9,12H2,1-4H3,(H,18,19);1H. The highest BCUT2D eigenvalue weighted by molar-refractivity contribution is 14.0. The largest absolute Gasteiger partial charge is 0.359 e. The summed E-state index contributed by atoms with van der Waals surface area (Å²) in [7, 11) is 2.06. The summed E-state index contributed by atoms with van der Waals surface area (Å²) in [6, 6.07) is 6.25. The Morgan fingerprint density at radius 3 is 2.83 bits per heavy atom. The first-order valence-corrected chi connectivity index (χ1v) is 8.95. The molecule has 0 aliphatic heterocycles. The van der Waals surface area contributed by atoms with Crippen molar-refractivity contribution < 1.29 is 4.52 Å². The van der Waals surface area contributed by atoms with Crippen molar-refractivity contribution in [2.24, 2.45) is 4.99 Å². The van der Waals surface area contributed by atoms with Gasteiger partial charge in [0.05, 0.1) is 5.69 Å². The lowest BCUT2D eigenvalue weighted by molar-refractivity contribution is 0.375. The van der Waals surface area contributed by atoms with Crippen LogP contribution < -0.4 is 5.32 Å². The van der Waals surface area contributed by atoms with Crippen molar-refractivity contribution in [2.75, 3.05) is 20.1 Å². The van der Waals surface area contributed by atoms with E-state index in [1.807, 2.05) is 6.07 Å². The molecule has 0 aliphatic rings. The van der Waals surface area contributed by atoms with E-state index in [4.69, 9.17) is 4.52 Å². The Morgan fingerprint density at radius 1 is 1.46 bits per heavy atom. The molecular weight excluding hydrogens is 435 g/mol. The molecule has 0 atom stereocenters. The van der Waals surface area contributed by atoms with Crippen LogP contribution in [-0.2, 0) is 13.0 Å². The molecule has 0 aliphatic carbocycles. The van der Waals surface area contributed by atoms with Crippen molar-refractivity contribution in [2.45, 2.75) is 39.7 Å².